The van der Waals surface area contributed by atoms with Crippen molar-refractivity contribution in [1.82, 2.24) is 0 Å². The largest absolute Gasteiger partial charge is 0.542 e. The van der Waals surface area contributed by atoms with Gasteiger partial charge < -0.3 is 14.8 Å². The summed E-state index contributed by atoms with van der Waals surface area (Å²) in [4.78, 5) is 9.13. The number of quaternary nitrogens is 1. The molecule has 0 radical (unpaired) electrons. The standard InChI is InChI=1S/C5H13N.C2HF3O2/c1-4-5-6(2)3;3-2(4,5)1(6)7/h4-5H2,1-3H3;(H,6,7)/i/hD. The van der Waals surface area contributed by atoms with Gasteiger partial charge in [0.1, 0.15) is 5.97 Å². The van der Waals surface area contributed by atoms with Crippen molar-refractivity contribution in [3.05, 3.63) is 0 Å². The predicted molar refractivity (Wildman–Crippen MR) is 39.0 cm³/mol. The van der Waals surface area contributed by atoms with Gasteiger partial charge in [-0.2, -0.15) is 13.2 Å². The molecule has 3 nitrogen and oxygen atoms in total. The second-order valence-corrected chi connectivity index (χ2v) is 2.59. The van der Waals surface area contributed by atoms with Gasteiger partial charge in [0.25, 0.3) is 0 Å². The van der Waals surface area contributed by atoms with Crippen LogP contribution in [0.5, 0.6) is 0 Å². The van der Waals surface area contributed by atoms with Gasteiger partial charge in [0.15, 0.2) is 0 Å². The van der Waals surface area contributed by atoms with Gasteiger partial charge in [-0.25, -0.2) is 0 Å². The zero-order valence-corrected chi connectivity index (χ0v) is 7.81. The molecule has 0 aromatic heterocycles. The van der Waals surface area contributed by atoms with E-state index in [9.17, 15) is 13.2 Å². The van der Waals surface area contributed by atoms with Crippen LogP contribution in [0.2, 0.25) is 1.41 Å². The topological polar surface area (TPSA) is 44.6 Å². The summed E-state index contributed by atoms with van der Waals surface area (Å²) in [6.45, 7) is 3.04. The number of alkyl halides is 3. The highest BCUT2D eigenvalue weighted by molar-refractivity contribution is 5.70. The second kappa shape index (κ2) is 6.71. The fourth-order valence-corrected chi connectivity index (χ4v) is 0.447. The molecule has 1 N–H and O–H groups in total. The molecule has 0 spiro atoms. The summed E-state index contributed by atoms with van der Waals surface area (Å²) >= 11 is 0. The van der Waals surface area contributed by atoms with Crippen molar-refractivity contribution in [2.45, 2.75) is 19.5 Å². The molecular weight excluding hydrogens is 187 g/mol. The van der Waals surface area contributed by atoms with Crippen LogP contribution in [0.3, 0.4) is 0 Å². The molecule has 80 valence electrons. The zero-order chi connectivity index (χ0) is 12.0. The zero-order valence-electron chi connectivity index (χ0n) is 8.81. The predicted octanol–water partition coefficient (Wildman–Crippen LogP) is -1.16. The maximum Gasteiger partial charge on any atom is 0.430 e. The van der Waals surface area contributed by atoms with Crippen LogP contribution in [-0.4, -0.2) is 32.8 Å². The number of carbonyl (C=O) groups excluding carboxylic acids is 1. The first-order chi connectivity index (χ1) is 6.00. The normalized spacial score (nSPS) is 12.6. The number of carboxylic acids is 1. The molecule has 13 heavy (non-hydrogen) atoms. The molecule has 0 fully saturated rings. The van der Waals surface area contributed by atoms with Crippen molar-refractivity contribution in [2.75, 3.05) is 20.6 Å². The van der Waals surface area contributed by atoms with Gasteiger partial charge in [0, 0.05) is 0 Å². The van der Waals surface area contributed by atoms with Gasteiger partial charge in [-0.1, -0.05) is 6.92 Å². The summed E-state index contributed by atoms with van der Waals surface area (Å²) in [6.07, 6.45) is -4.10. The van der Waals surface area contributed by atoms with E-state index in [-0.39, 0.29) is 0 Å². The average Bonchev–Trinajstić information content (AvgIpc) is 1.82. The monoisotopic (exact) mass is 202 g/mol. The summed E-state index contributed by atoms with van der Waals surface area (Å²) in [6, 6.07) is 0. The van der Waals surface area contributed by atoms with Crippen LogP contribution < -0.4 is 10.00 Å². The Morgan fingerprint density at radius 3 is 1.85 bits per heavy atom. The number of halogens is 3. The SMILES string of the molecule is O=C([O-])C(F)(F)F.[2H][N+](C)(C)CCC. The van der Waals surface area contributed by atoms with Crippen LogP contribution in [0.1, 0.15) is 13.3 Å². The lowest BCUT2D eigenvalue weighted by Gasteiger charge is -2.03. The summed E-state index contributed by atoms with van der Waals surface area (Å²) < 4.78 is 38.8. The highest BCUT2D eigenvalue weighted by atomic mass is 19.4. The maximum absolute atomic E-state index is 10.5. The molecule has 0 saturated carbocycles. The lowest BCUT2D eigenvalue weighted by Crippen LogP contribution is -3.05. The van der Waals surface area contributed by atoms with E-state index in [1.807, 2.05) is 14.1 Å². The van der Waals surface area contributed by atoms with E-state index >= 15 is 0 Å². The van der Waals surface area contributed by atoms with E-state index in [1.165, 1.54) is 0 Å². The molecule has 0 aliphatic carbocycles. The van der Waals surface area contributed by atoms with Gasteiger partial charge in [-0.15, -0.1) is 0 Å². The number of nitrogens with one attached hydrogen (secondary N) is 1. The Hall–Kier alpha value is -0.780. The van der Waals surface area contributed by atoms with E-state index < -0.39 is 12.1 Å². The first-order valence-electron chi connectivity index (χ1n) is 4.09. The molecule has 0 saturated heterocycles. The van der Waals surface area contributed by atoms with Crippen molar-refractivity contribution in [3.8, 4) is 0 Å². The molecule has 0 amide bonds. The minimum absolute atomic E-state index is 0.344. The van der Waals surface area contributed by atoms with Crippen LogP contribution in [0.4, 0.5) is 13.2 Å². The van der Waals surface area contributed by atoms with Gasteiger partial charge in [0.2, 0.25) is 0 Å². The molecule has 0 atom stereocenters. The smallest absolute Gasteiger partial charge is 0.430 e. The minimum Gasteiger partial charge on any atom is -0.542 e. The van der Waals surface area contributed by atoms with E-state index in [0.717, 1.165) is 13.0 Å². The molecule has 0 aromatic carbocycles. The number of hydrogen-bond donors (Lipinski definition) is 1. The Morgan fingerprint density at radius 1 is 1.54 bits per heavy atom. The fourth-order valence-electron chi connectivity index (χ4n) is 0.447. The molecule has 0 unspecified atom stereocenters. The van der Waals surface area contributed by atoms with Gasteiger partial charge in [-0.3, -0.25) is 0 Å². The Kier molecular flexibility index (Phi) is 6.30. The third-order valence-corrected chi connectivity index (χ3v) is 0.902. The van der Waals surface area contributed by atoms with E-state index in [1.54, 1.807) is 0 Å². The molecule has 0 aliphatic heterocycles. The number of carbonyl (C=O) groups is 1. The van der Waals surface area contributed by atoms with Crippen molar-refractivity contribution in [3.63, 3.8) is 0 Å². The molecular formula is C7H14F3NO2. The second-order valence-electron chi connectivity index (χ2n) is 2.59. The first-order valence-corrected chi connectivity index (χ1v) is 3.64. The molecule has 6 heteroatoms. The van der Waals surface area contributed by atoms with E-state index in [4.69, 9.17) is 11.3 Å². The van der Waals surface area contributed by atoms with E-state index in [2.05, 4.69) is 6.92 Å². The molecule has 0 aromatic rings. The number of carboxylic acid groups (broad SMARTS) is 1. The Labute approximate surface area is 76.6 Å². The van der Waals surface area contributed by atoms with Gasteiger partial charge >= 0.3 is 7.59 Å². The highest BCUT2D eigenvalue weighted by Crippen LogP contribution is 2.11. The third-order valence-electron chi connectivity index (χ3n) is 0.902. The first kappa shape index (κ1) is 12.2. The number of aliphatic carboxylic acids is 1. The fraction of sp³-hybridized carbons (Fsp3) is 0.857. The summed E-state index contributed by atoms with van der Waals surface area (Å²) in [5, 5.41) is 8.78. The van der Waals surface area contributed by atoms with Crippen molar-refractivity contribution in [2.24, 2.45) is 0 Å². The molecule has 0 aliphatic rings. The average molecular weight is 202 g/mol. The third kappa shape index (κ3) is 14.1. The molecule has 0 bridgehead atoms. The highest BCUT2D eigenvalue weighted by Gasteiger charge is 2.28. The molecule has 0 rings (SSSR count). The van der Waals surface area contributed by atoms with Crippen LogP contribution in [-0.2, 0) is 4.79 Å². The van der Waals surface area contributed by atoms with Crippen LogP contribution in [0.25, 0.3) is 0 Å². The van der Waals surface area contributed by atoms with Crippen molar-refractivity contribution >= 4 is 5.97 Å². The number of rotatable bonds is 2. The Bertz CT molecular complexity index is 177. The Morgan fingerprint density at radius 2 is 1.85 bits per heavy atom. The van der Waals surface area contributed by atoms with Gasteiger partial charge in [0.05, 0.1) is 20.6 Å². The van der Waals surface area contributed by atoms with Gasteiger partial charge in [-0.05, 0) is 6.42 Å². The minimum atomic E-state index is -5.19. The maximum atomic E-state index is 10.5. The summed E-state index contributed by atoms with van der Waals surface area (Å²) in [7, 11) is 3.76. The van der Waals surface area contributed by atoms with E-state index in [0.29, 0.717) is 4.89 Å². The quantitative estimate of drug-likeness (QED) is 0.614. The summed E-state index contributed by atoms with van der Waals surface area (Å²) in [5.41, 5.74) is 0. The van der Waals surface area contributed by atoms with Crippen LogP contribution >= 0.6 is 0 Å². The lowest BCUT2D eigenvalue weighted by atomic mass is 10.5. The summed E-state index contributed by atoms with van der Waals surface area (Å²) in [5.74, 6) is -3.01. The van der Waals surface area contributed by atoms with Crippen LogP contribution in [0, 0.1) is 0 Å². The Balaban J connectivity index is 0. The molecule has 0 heterocycles. The van der Waals surface area contributed by atoms with Crippen LogP contribution in [0.15, 0.2) is 0 Å². The number of hydrogen-bond acceptors (Lipinski definition) is 2. The van der Waals surface area contributed by atoms with Crippen molar-refractivity contribution < 1.29 is 29.4 Å². The van der Waals surface area contributed by atoms with Crippen molar-refractivity contribution in [1.29, 1.82) is 0 Å². The lowest BCUT2D eigenvalue weighted by molar-refractivity contribution is -0.858.